The first-order chi connectivity index (χ1) is 8.33. The quantitative estimate of drug-likeness (QED) is 0.660. The maximum absolute atomic E-state index is 11.3. The summed E-state index contributed by atoms with van der Waals surface area (Å²) in [5, 5.41) is 16.8. The van der Waals surface area contributed by atoms with Gasteiger partial charge in [0.2, 0.25) is 0 Å². The number of rotatable bonds is 3. The SMILES string of the molecule is O=c1[nH]nc2ccc(NCc3ccno3)nn12. The summed E-state index contributed by atoms with van der Waals surface area (Å²) in [5.74, 6) is 1.24. The Hall–Kier alpha value is -2.64. The van der Waals surface area contributed by atoms with E-state index in [1.54, 1.807) is 24.4 Å². The molecule has 0 amide bonds. The fraction of sp³-hybridized carbons (Fsp3) is 0.111. The van der Waals surface area contributed by atoms with Crippen LogP contribution in [0.5, 0.6) is 0 Å². The molecule has 0 atom stereocenters. The lowest BCUT2D eigenvalue weighted by atomic mass is 10.4. The lowest BCUT2D eigenvalue weighted by Gasteiger charge is -2.01. The third-order valence-electron chi connectivity index (χ3n) is 2.21. The number of fused-ring (bicyclic) bond motifs is 1. The topological polar surface area (TPSA) is 101 Å². The molecule has 0 radical (unpaired) electrons. The molecular formula is C9H8N6O2. The fourth-order valence-corrected chi connectivity index (χ4v) is 1.41. The van der Waals surface area contributed by atoms with Gasteiger partial charge in [0.05, 0.1) is 12.7 Å². The predicted molar refractivity (Wildman–Crippen MR) is 57.4 cm³/mol. The third-order valence-corrected chi connectivity index (χ3v) is 2.21. The molecule has 0 saturated heterocycles. The Bertz CT molecular complexity index is 683. The number of H-pyrrole nitrogens is 1. The van der Waals surface area contributed by atoms with E-state index >= 15 is 0 Å². The molecular weight excluding hydrogens is 224 g/mol. The lowest BCUT2D eigenvalue weighted by Crippen LogP contribution is -2.13. The number of hydrogen-bond donors (Lipinski definition) is 2. The third kappa shape index (κ3) is 1.75. The van der Waals surface area contributed by atoms with Gasteiger partial charge >= 0.3 is 5.69 Å². The largest absolute Gasteiger partial charge is 0.364 e. The van der Waals surface area contributed by atoms with E-state index in [1.165, 1.54) is 4.52 Å². The number of aromatic nitrogens is 5. The zero-order valence-electron chi connectivity index (χ0n) is 8.62. The molecule has 0 bridgehead atoms. The zero-order chi connectivity index (χ0) is 11.7. The molecule has 2 N–H and O–H groups in total. The number of anilines is 1. The van der Waals surface area contributed by atoms with Gasteiger partial charge in [0.15, 0.2) is 11.4 Å². The minimum absolute atomic E-state index is 0.372. The molecule has 0 spiro atoms. The fourth-order valence-electron chi connectivity index (χ4n) is 1.41. The van der Waals surface area contributed by atoms with Gasteiger partial charge in [0.25, 0.3) is 0 Å². The first-order valence-corrected chi connectivity index (χ1v) is 4.91. The van der Waals surface area contributed by atoms with Crippen LogP contribution in [0, 0.1) is 0 Å². The lowest BCUT2D eigenvalue weighted by molar-refractivity contribution is 0.388. The molecule has 0 aromatic carbocycles. The van der Waals surface area contributed by atoms with Crippen LogP contribution in [0.25, 0.3) is 5.65 Å². The molecule has 0 aliphatic carbocycles. The first-order valence-electron chi connectivity index (χ1n) is 4.91. The highest BCUT2D eigenvalue weighted by Crippen LogP contribution is 2.05. The van der Waals surface area contributed by atoms with Gasteiger partial charge in [0, 0.05) is 6.07 Å². The summed E-state index contributed by atoms with van der Waals surface area (Å²) in [7, 11) is 0. The van der Waals surface area contributed by atoms with Gasteiger partial charge in [-0.3, -0.25) is 0 Å². The highest BCUT2D eigenvalue weighted by Gasteiger charge is 2.03. The van der Waals surface area contributed by atoms with Gasteiger partial charge in [-0.25, -0.2) is 9.89 Å². The number of nitrogens with one attached hydrogen (secondary N) is 2. The van der Waals surface area contributed by atoms with E-state index in [2.05, 4.69) is 25.8 Å². The molecule has 3 aromatic heterocycles. The Balaban J connectivity index is 1.85. The molecule has 3 aromatic rings. The summed E-state index contributed by atoms with van der Waals surface area (Å²) >= 11 is 0. The highest BCUT2D eigenvalue weighted by molar-refractivity contribution is 5.42. The summed E-state index contributed by atoms with van der Waals surface area (Å²) in [6, 6.07) is 5.16. The second kappa shape index (κ2) is 3.74. The van der Waals surface area contributed by atoms with E-state index in [1.807, 2.05) is 0 Å². The molecule has 17 heavy (non-hydrogen) atoms. The Morgan fingerprint density at radius 3 is 3.18 bits per heavy atom. The summed E-state index contributed by atoms with van der Waals surface area (Å²) in [5.41, 5.74) is 0.100. The van der Waals surface area contributed by atoms with Crippen molar-refractivity contribution in [1.29, 1.82) is 0 Å². The van der Waals surface area contributed by atoms with E-state index in [9.17, 15) is 4.79 Å². The van der Waals surface area contributed by atoms with E-state index in [0.29, 0.717) is 23.8 Å². The van der Waals surface area contributed by atoms with Crippen molar-refractivity contribution in [3.8, 4) is 0 Å². The average Bonchev–Trinajstić information content (AvgIpc) is 2.97. The van der Waals surface area contributed by atoms with Crippen LogP contribution in [0.4, 0.5) is 5.82 Å². The number of nitrogens with zero attached hydrogens (tertiary/aromatic N) is 4. The Morgan fingerprint density at radius 2 is 2.35 bits per heavy atom. The number of aromatic amines is 1. The van der Waals surface area contributed by atoms with Crippen molar-refractivity contribution < 1.29 is 4.52 Å². The minimum atomic E-state index is -0.372. The van der Waals surface area contributed by atoms with Crippen LogP contribution in [-0.2, 0) is 6.54 Å². The van der Waals surface area contributed by atoms with Gasteiger partial charge in [-0.05, 0) is 12.1 Å². The van der Waals surface area contributed by atoms with Crippen molar-refractivity contribution in [2.24, 2.45) is 0 Å². The molecule has 86 valence electrons. The molecule has 3 rings (SSSR count). The van der Waals surface area contributed by atoms with Crippen molar-refractivity contribution in [1.82, 2.24) is 25.0 Å². The molecule has 0 unspecified atom stereocenters. The van der Waals surface area contributed by atoms with Gasteiger partial charge in [-0.15, -0.1) is 5.10 Å². The molecule has 0 fully saturated rings. The van der Waals surface area contributed by atoms with Crippen molar-refractivity contribution in [2.75, 3.05) is 5.32 Å². The monoisotopic (exact) mass is 232 g/mol. The van der Waals surface area contributed by atoms with Crippen LogP contribution < -0.4 is 11.0 Å². The van der Waals surface area contributed by atoms with Crippen LogP contribution in [0.15, 0.2) is 33.7 Å². The highest BCUT2D eigenvalue weighted by atomic mass is 16.5. The average molecular weight is 232 g/mol. The van der Waals surface area contributed by atoms with E-state index in [4.69, 9.17) is 4.52 Å². The van der Waals surface area contributed by atoms with E-state index < -0.39 is 0 Å². The van der Waals surface area contributed by atoms with E-state index in [-0.39, 0.29) is 5.69 Å². The van der Waals surface area contributed by atoms with Crippen LogP contribution in [0.3, 0.4) is 0 Å². The minimum Gasteiger partial charge on any atom is -0.361 e. The summed E-state index contributed by atoms with van der Waals surface area (Å²) < 4.78 is 6.11. The van der Waals surface area contributed by atoms with Gasteiger partial charge in [-0.1, -0.05) is 5.16 Å². The van der Waals surface area contributed by atoms with Gasteiger partial charge < -0.3 is 9.84 Å². The smallest absolute Gasteiger partial charge is 0.361 e. The summed E-state index contributed by atoms with van der Waals surface area (Å²) in [6.45, 7) is 0.450. The molecule has 8 nitrogen and oxygen atoms in total. The predicted octanol–water partition coefficient (Wildman–Crippen LogP) is 0.0177. The number of hydrogen-bond acceptors (Lipinski definition) is 6. The van der Waals surface area contributed by atoms with Crippen molar-refractivity contribution in [3.05, 3.63) is 40.6 Å². The summed E-state index contributed by atoms with van der Waals surface area (Å²) in [6.07, 6.45) is 1.56. The second-order valence-corrected chi connectivity index (χ2v) is 3.35. The Morgan fingerprint density at radius 1 is 1.41 bits per heavy atom. The normalized spacial score (nSPS) is 10.8. The maximum Gasteiger partial charge on any atom is 0.364 e. The van der Waals surface area contributed by atoms with Crippen LogP contribution in [0.1, 0.15) is 5.76 Å². The molecule has 8 heteroatoms. The molecule has 0 aliphatic rings. The maximum atomic E-state index is 11.3. The van der Waals surface area contributed by atoms with Crippen LogP contribution >= 0.6 is 0 Å². The van der Waals surface area contributed by atoms with Crippen molar-refractivity contribution in [2.45, 2.75) is 6.54 Å². The van der Waals surface area contributed by atoms with Crippen LogP contribution in [-0.4, -0.2) is 25.0 Å². The summed E-state index contributed by atoms with van der Waals surface area (Å²) in [4.78, 5) is 11.3. The van der Waals surface area contributed by atoms with Crippen molar-refractivity contribution in [3.63, 3.8) is 0 Å². The first kappa shape index (κ1) is 9.58. The van der Waals surface area contributed by atoms with Crippen molar-refractivity contribution >= 4 is 11.5 Å². The standard InChI is InChI=1S/C9H8N6O2/c16-9-13-12-8-2-1-7(14-15(8)9)10-5-6-3-4-11-17-6/h1-4H,5H2,(H,10,14)(H,13,16). The molecule has 0 aliphatic heterocycles. The van der Waals surface area contributed by atoms with E-state index in [0.717, 1.165) is 0 Å². The molecule has 0 saturated carbocycles. The van der Waals surface area contributed by atoms with Crippen LogP contribution in [0.2, 0.25) is 0 Å². The molecule has 3 heterocycles. The zero-order valence-corrected chi connectivity index (χ0v) is 8.62. The van der Waals surface area contributed by atoms with Gasteiger partial charge in [-0.2, -0.15) is 9.61 Å². The van der Waals surface area contributed by atoms with Gasteiger partial charge in [0.1, 0.15) is 5.82 Å². The second-order valence-electron chi connectivity index (χ2n) is 3.35. The Labute approximate surface area is 94.2 Å². The Kier molecular flexibility index (Phi) is 2.11.